The van der Waals surface area contributed by atoms with Crippen LogP contribution in [0, 0.1) is 6.92 Å². The van der Waals surface area contributed by atoms with Gasteiger partial charge < -0.3 is 10.3 Å². The van der Waals surface area contributed by atoms with Crippen LogP contribution in [0.1, 0.15) is 48.7 Å². The first-order valence-corrected chi connectivity index (χ1v) is 13.1. The number of nitrogens with zero attached hydrogens (tertiary/aromatic N) is 2. The van der Waals surface area contributed by atoms with Crippen LogP contribution in [0.5, 0.6) is 0 Å². The quantitative estimate of drug-likeness (QED) is 0.192. The zero-order valence-electron chi connectivity index (χ0n) is 22.0. The number of aromatic nitrogens is 2. The number of carbonyl (C=O) groups is 2. The minimum atomic E-state index is -0.749. The van der Waals surface area contributed by atoms with Gasteiger partial charge in [0.2, 0.25) is 11.7 Å². The van der Waals surface area contributed by atoms with E-state index in [1.54, 1.807) is 18.5 Å². The summed E-state index contributed by atoms with van der Waals surface area (Å²) in [5.74, 6) is -0.649. The van der Waals surface area contributed by atoms with Gasteiger partial charge in [0.1, 0.15) is 11.2 Å². The summed E-state index contributed by atoms with van der Waals surface area (Å²) in [6.07, 6.45) is 3.57. The lowest BCUT2D eigenvalue weighted by atomic mass is 9.77. The SMILES string of the molecule is Cc1c(C(N)=O)ccc2cc(C(=O)c3cn(C(c4ccccc4)(c4ccccc4)c4ccccc4)cn3)ccc12. The number of hydrogen-bond acceptors (Lipinski definition) is 3. The van der Waals surface area contributed by atoms with Gasteiger partial charge in [-0.25, -0.2) is 4.98 Å². The van der Waals surface area contributed by atoms with Crippen molar-refractivity contribution in [2.45, 2.75) is 12.5 Å². The standard InChI is InChI=1S/C35H27N3O2/c1-24-30-19-18-26(21-25(30)17-20-31(24)34(36)40)33(39)32-22-38(23-37-32)35(27-11-5-2-6-12-27,28-13-7-3-8-14-28)29-15-9-4-10-16-29/h2-23H,1H3,(H2,36,40). The number of benzene rings is 5. The van der Waals surface area contributed by atoms with Crippen LogP contribution < -0.4 is 5.73 Å². The summed E-state index contributed by atoms with van der Waals surface area (Å²) < 4.78 is 2.03. The average molecular weight is 522 g/mol. The number of carbonyl (C=O) groups excluding carboxylic acids is 2. The van der Waals surface area contributed by atoms with Crippen molar-refractivity contribution in [1.82, 2.24) is 9.55 Å². The van der Waals surface area contributed by atoms with Crippen LogP contribution in [-0.2, 0) is 5.54 Å². The van der Waals surface area contributed by atoms with Crippen molar-refractivity contribution >= 4 is 22.5 Å². The summed E-state index contributed by atoms with van der Waals surface area (Å²) in [6, 6.07) is 39.8. The molecule has 40 heavy (non-hydrogen) atoms. The van der Waals surface area contributed by atoms with Crippen LogP contribution in [0.3, 0.4) is 0 Å². The van der Waals surface area contributed by atoms with E-state index >= 15 is 0 Å². The fourth-order valence-corrected chi connectivity index (χ4v) is 5.65. The third-order valence-corrected chi connectivity index (χ3v) is 7.59. The zero-order chi connectivity index (χ0) is 27.7. The van der Waals surface area contributed by atoms with Crippen LogP contribution in [0.2, 0.25) is 0 Å². The van der Waals surface area contributed by atoms with Crippen molar-refractivity contribution in [1.29, 1.82) is 0 Å². The fourth-order valence-electron chi connectivity index (χ4n) is 5.65. The zero-order valence-corrected chi connectivity index (χ0v) is 22.0. The molecule has 0 atom stereocenters. The molecule has 0 radical (unpaired) electrons. The molecule has 1 heterocycles. The van der Waals surface area contributed by atoms with E-state index in [1.165, 1.54) is 0 Å². The topological polar surface area (TPSA) is 78.0 Å². The number of amides is 1. The van der Waals surface area contributed by atoms with Gasteiger partial charge in [0.25, 0.3) is 0 Å². The Balaban J connectivity index is 1.50. The van der Waals surface area contributed by atoms with Crippen LogP contribution in [0.4, 0.5) is 0 Å². The molecule has 0 unspecified atom stereocenters. The molecule has 1 amide bonds. The number of nitrogens with two attached hydrogens (primary N) is 1. The molecule has 0 bridgehead atoms. The third kappa shape index (κ3) is 4.09. The summed E-state index contributed by atoms with van der Waals surface area (Å²) in [6.45, 7) is 1.86. The van der Waals surface area contributed by atoms with Crippen molar-refractivity contribution in [3.05, 3.63) is 173 Å². The van der Waals surface area contributed by atoms with Gasteiger partial charge in [-0.1, -0.05) is 109 Å². The molecule has 0 aliphatic heterocycles. The highest BCUT2D eigenvalue weighted by Crippen LogP contribution is 2.41. The maximum atomic E-state index is 13.7. The summed E-state index contributed by atoms with van der Waals surface area (Å²) in [7, 11) is 0. The summed E-state index contributed by atoms with van der Waals surface area (Å²) in [5.41, 5.74) is 10.1. The average Bonchev–Trinajstić information content (AvgIpc) is 3.49. The summed E-state index contributed by atoms with van der Waals surface area (Å²) in [5, 5.41) is 1.75. The monoisotopic (exact) mass is 521 g/mol. The molecule has 5 nitrogen and oxygen atoms in total. The molecule has 0 fully saturated rings. The number of fused-ring (bicyclic) bond motifs is 1. The summed E-state index contributed by atoms with van der Waals surface area (Å²) >= 11 is 0. The molecule has 194 valence electrons. The summed E-state index contributed by atoms with van der Waals surface area (Å²) in [4.78, 5) is 30.1. The maximum absolute atomic E-state index is 13.7. The van der Waals surface area contributed by atoms with Crippen LogP contribution in [0.25, 0.3) is 10.8 Å². The molecular formula is C35H27N3O2. The van der Waals surface area contributed by atoms with E-state index in [0.717, 1.165) is 33.0 Å². The van der Waals surface area contributed by atoms with Crippen molar-refractivity contribution < 1.29 is 9.59 Å². The second-order valence-corrected chi connectivity index (χ2v) is 9.84. The predicted molar refractivity (Wildman–Crippen MR) is 157 cm³/mol. The third-order valence-electron chi connectivity index (χ3n) is 7.59. The minimum Gasteiger partial charge on any atom is -0.366 e. The molecule has 5 aromatic carbocycles. The van der Waals surface area contributed by atoms with Crippen LogP contribution >= 0.6 is 0 Å². The molecule has 2 N–H and O–H groups in total. The lowest BCUT2D eigenvalue weighted by molar-refractivity contribution is 0.0997. The van der Waals surface area contributed by atoms with E-state index in [9.17, 15) is 9.59 Å². The van der Waals surface area contributed by atoms with Crippen molar-refractivity contribution in [3.8, 4) is 0 Å². The molecule has 6 rings (SSSR count). The molecule has 0 aliphatic carbocycles. The van der Waals surface area contributed by atoms with Gasteiger partial charge >= 0.3 is 0 Å². The Labute approximate surface area is 232 Å². The highest BCUT2D eigenvalue weighted by atomic mass is 16.1. The van der Waals surface area contributed by atoms with Gasteiger partial charge in [0, 0.05) is 17.3 Å². The molecule has 5 heteroatoms. The molecular weight excluding hydrogens is 494 g/mol. The Bertz CT molecular complexity index is 1750. The Kier molecular flexibility index (Phi) is 6.33. The van der Waals surface area contributed by atoms with E-state index < -0.39 is 11.4 Å². The maximum Gasteiger partial charge on any atom is 0.248 e. The Morgan fingerprint density at radius 2 is 1.27 bits per heavy atom. The smallest absolute Gasteiger partial charge is 0.248 e. The Morgan fingerprint density at radius 3 is 1.80 bits per heavy atom. The molecule has 0 saturated carbocycles. The highest BCUT2D eigenvalue weighted by Gasteiger charge is 2.38. The molecule has 1 aromatic heterocycles. The van der Waals surface area contributed by atoms with E-state index in [0.29, 0.717) is 16.8 Å². The largest absolute Gasteiger partial charge is 0.366 e. The Morgan fingerprint density at radius 1 is 0.725 bits per heavy atom. The van der Waals surface area contributed by atoms with Crippen molar-refractivity contribution in [2.24, 2.45) is 5.73 Å². The van der Waals surface area contributed by atoms with Crippen molar-refractivity contribution in [3.63, 3.8) is 0 Å². The normalized spacial score (nSPS) is 11.4. The van der Waals surface area contributed by atoms with E-state index in [2.05, 4.69) is 41.4 Å². The van der Waals surface area contributed by atoms with Gasteiger partial charge in [-0.2, -0.15) is 0 Å². The number of primary amides is 1. The second kappa shape index (κ2) is 10.1. The highest BCUT2D eigenvalue weighted by molar-refractivity contribution is 6.10. The molecule has 0 saturated heterocycles. The van der Waals surface area contributed by atoms with Gasteiger partial charge in [0.15, 0.2) is 0 Å². The first-order valence-electron chi connectivity index (χ1n) is 13.1. The van der Waals surface area contributed by atoms with E-state index in [-0.39, 0.29) is 5.78 Å². The van der Waals surface area contributed by atoms with Gasteiger partial charge in [-0.3, -0.25) is 9.59 Å². The molecule has 0 aliphatic rings. The lowest BCUT2D eigenvalue weighted by Gasteiger charge is -2.37. The van der Waals surface area contributed by atoms with E-state index in [4.69, 9.17) is 5.73 Å². The fraction of sp³-hybridized carbons (Fsp3) is 0.0571. The molecule has 0 spiro atoms. The first kappa shape index (κ1) is 25.0. The van der Waals surface area contributed by atoms with Gasteiger partial charge in [-0.15, -0.1) is 0 Å². The lowest BCUT2D eigenvalue weighted by Crippen LogP contribution is -2.37. The number of ketones is 1. The second-order valence-electron chi connectivity index (χ2n) is 9.84. The Hall–Kier alpha value is -5.29. The van der Waals surface area contributed by atoms with Crippen LogP contribution in [-0.4, -0.2) is 21.2 Å². The van der Waals surface area contributed by atoms with Crippen LogP contribution in [0.15, 0.2) is 134 Å². The molecule has 6 aromatic rings. The number of aryl methyl sites for hydroxylation is 1. The predicted octanol–water partition coefficient (Wildman–Crippen LogP) is 6.51. The van der Waals surface area contributed by atoms with Gasteiger partial charge in [-0.05, 0) is 52.1 Å². The minimum absolute atomic E-state index is 0.180. The van der Waals surface area contributed by atoms with Gasteiger partial charge in [0.05, 0.1) is 6.33 Å². The van der Waals surface area contributed by atoms with E-state index in [1.807, 2.05) is 90.5 Å². The van der Waals surface area contributed by atoms with Crippen molar-refractivity contribution in [2.75, 3.05) is 0 Å². The number of hydrogen-bond donors (Lipinski definition) is 1. The number of imidazole rings is 1. The number of rotatable bonds is 7. The first-order chi connectivity index (χ1) is 19.5.